The number of hydrogen-bond donors (Lipinski definition) is 2. The first kappa shape index (κ1) is 14.4. The molecule has 5 heteroatoms. The summed E-state index contributed by atoms with van der Waals surface area (Å²) in [4.78, 5) is 24.0. The molecule has 0 aliphatic rings. The van der Waals surface area contributed by atoms with Crippen molar-refractivity contribution in [3.8, 4) is 0 Å². The lowest BCUT2D eigenvalue weighted by molar-refractivity contribution is -0.123. The lowest BCUT2D eigenvalue weighted by Crippen LogP contribution is -2.51. The Morgan fingerprint density at radius 2 is 1.67 bits per heavy atom. The fourth-order valence-electron chi connectivity index (χ4n) is 1.56. The molecule has 2 N–H and O–H groups in total. The second kappa shape index (κ2) is 6.35. The van der Waals surface area contributed by atoms with Crippen molar-refractivity contribution < 1.29 is 9.59 Å². The van der Waals surface area contributed by atoms with Crippen LogP contribution in [0.5, 0.6) is 0 Å². The van der Waals surface area contributed by atoms with Gasteiger partial charge in [-0.15, -0.1) is 0 Å². The summed E-state index contributed by atoms with van der Waals surface area (Å²) in [7, 11) is 1.71. The first-order valence-electron chi connectivity index (χ1n) is 6.12. The Morgan fingerprint density at radius 3 is 2.11 bits per heavy atom. The highest BCUT2D eigenvalue weighted by molar-refractivity contribution is 5.91. The van der Waals surface area contributed by atoms with Crippen molar-refractivity contribution in [1.82, 2.24) is 15.2 Å². The monoisotopic (exact) mass is 251 g/mol. The van der Waals surface area contributed by atoms with E-state index in [1.165, 1.54) is 4.57 Å². The molecule has 5 nitrogen and oxygen atoms in total. The van der Waals surface area contributed by atoms with Crippen LogP contribution in [0, 0.1) is 5.92 Å². The number of carbonyl (C=O) groups is 2. The number of nitrogens with zero attached hydrogens (tertiary/aromatic N) is 1. The van der Waals surface area contributed by atoms with Gasteiger partial charge in [-0.25, -0.2) is 0 Å². The van der Waals surface area contributed by atoms with Gasteiger partial charge >= 0.3 is 0 Å². The van der Waals surface area contributed by atoms with Gasteiger partial charge in [0.1, 0.15) is 6.04 Å². The van der Waals surface area contributed by atoms with Crippen molar-refractivity contribution in [2.75, 3.05) is 7.05 Å². The molecule has 1 rings (SSSR count). The van der Waals surface area contributed by atoms with E-state index in [0.29, 0.717) is 0 Å². The van der Waals surface area contributed by atoms with Gasteiger partial charge in [-0.3, -0.25) is 14.2 Å². The number of likely N-dealkylation sites (N-methyl/N-ethyl adjacent to an activating group) is 1. The maximum atomic E-state index is 12.2. The highest BCUT2D eigenvalue weighted by atomic mass is 16.2. The van der Waals surface area contributed by atoms with Crippen molar-refractivity contribution in [2.45, 2.75) is 32.9 Å². The molecule has 0 unspecified atom stereocenters. The summed E-state index contributed by atoms with van der Waals surface area (Å²) >= 11 is 0. The minimum absolute atomic E-state index is 0.0351. The number of carbonyl (C=O) groups excluding carboxylic acids is 2. The molecule has 1 aromatic heterocycles. The molecular formula is C13H21N3O2. The van der Waals surface area contributed by atoms with Gasteiger partial charge in [-0.05, 0) is 32.0 Å². The van der Waals surface area contributed by atoms with E-state index in [9.17, 15) is 9.59 Å². The van der Waals surface area contributed by atoms with Crippen LogP contribution in [0.4, 0.5) is 0 Å². The Balaban J connectivity index is 2.78. The summed E-state index contributed by atoms with van der Waals surface area (Å²) in [6.07, 6.45) is 3.37. The average Bonchev–Trinajstić information content (AvgIpc) is 2.87. The van der Waals surface area contributed by atoms with Gasteiger partial charge in [0.2, 0.25) is 5.91 Å². The number of rotatable bonds is 5. The third kappa shape index (κ3) is 3.43. The summed E-state index contributed by atoms with van der Waals surface area (Å²) in [5.74, 6) is -0.253. The molecule has 0 fully saturated rings. The zero-order valence-corrected chi connectivity index (χ0v) is 11.3. The molecule has 2 atom stereocenters. The molecule has 1 amide bonds. The average molecular weight is 251 g/mol. The lowest BCUT2D eigenvalue weighted by atomic mass is 10.0. The van der Waals surface area contributed by atoms with Crippen LogP contribution in [-0.4, -0.2) is 35.5 Å². The Hall–Kier alpha value is -1.62. The number of aromatic nitrogens is 1. The van der Waals surface area contributed by atoms with E-state index in [1.54, 1.807) is 38.5 Å². The summed E-state index contributed by atoms with van der Waals surface area (Å²) in [5.41, 5.74) is 0. The lowest BCUT2D eigenvalue weighted by Gasteiger charge is -2.23. The van der Waals surface area contributed by atoms with Gasteiger partial charge in [0.05, 0.1) is 6.04 Å². The van der Waals surface area contributed by atoms with Crippen LogP contribution in [0.1, 0.15) is 25.6 Å². The predicted octanol–water partition coefficient (Wildman–Crippen LogP) is 0.877. The van der Waals surface area contributed by atoms with E-state index in [4.69, 9.17) is 0 Å². The molecule has 18 heavy (non-hydrogen) atoms. The first-order chi connectivity index (χ1) is 8.47. The van der Waals surface area contributed by atoms with Gasteiger partial charge in [-0.1, -0.05) is 13.8 Å². The smallest absolute Gasteiger partial charge is 0.253 e. The molecule has 0 saturated heterocycles. The van der Waals surface area contributed by atoms with Crippen molar-refractivity contribution >= 4 is 11.8 Å². The van der Waals surface area contributed by atoms with E-state index in [-0.39, 0.29) is 23.8 Å². The summed E-state index contributed by atoms with van der Waals surface area (Å²) < 4.78 is 1.50. The molecule has 0 aliphatic carbocycles. The van der Waals surface area contributed by atoms with Gasteiger partial charge < -0.3 is 10.6 Å². The maximum absolute atomic E-state index is 12.2. The zero-order valence-electron chi connectivity index (χ0n) is 11.3. The van der Waals surface area contributed by atoms with E-state index < -0.39 is 6.04 Å². The minimum atomic E-state index is -0.513. The van der Waals surface area contributed by atoms with Gasteiger partial charge in [0.15, 0.2) is 0 Å². The Kier molecular flexibility index (Phi) is 5.09. The van der Waals surface area contributed by atoms with E-state index in [1.807, 2.05) is 13.8 Å². The number of hydrogen-bond acceptors (Lipinski definition) is 3. The Morgan fingerprint density at radius 1 is 1.11 bits per heavy atom. The largest absolute Gasteiger partial charge is 0.343 e. The van der Waals surface area contributed by atoms with E-state index in [2.05, 4.69) is 10.6 Å². The van der Waals surface area contributed by atoms with Crippen LogP contribution in [0.2, 0.25) is 0 Å². The fraction of sp³-hybridized carbons (Fsp3) is 0.538. The van der Waals surface area contributed by atoms with Crippen LogP contribution < -0.4 is 10.6 Å². The zero-order chi connectivity index (χ0) is 13.7. The van der Waals surface area contributed by atoms with Crippen molar-refractivity contribution in [2.24, 2.45) is 5.92 Å². The topological polar surface area (TPSA) is 63.1 Å². The van der Waals surface area contributed by atoms with Crippen LogP contribution in [0.25, 0.3) is 0 Å². The highest BCUT2D eigenvalue weighted by Crippen LogP contribution is 2.06. The molecule has 1 aromatic rings. The molecule has 100 valence electrons. The normalized spacial score (nSPS) is 14.3. The quantitative estimate of drug-likeness (QED) is 0.816. The van der Waals surface area contributed by atoms with Crippen LogP contribution in [0.3, 0.4) is 0 Å². The molecular weight excluding hydrogens is 230 g/mol. The van der Waals surface area contributed by atoms with Crippen molar-refractivity contribution in [1.29, 1.82) is 0 Å². The molecule has 0 aromatic carbocycles. The molecule has 0 aliphatic heterocycles. The predicted molar refractivity (Wildman–Crippen MR) is 70.3 cm³/mol. The van der Waals surface area contributed by atoms with Gasteiger partial charge in [0, 0.05) is 12.4 Å². The second-order valence-electron chi connectivity index (χ2n) is 4.67. The maximum Gasteiger partial charge on any atom is 0.253 e. The molecule has 0 bridgehead atoms. The van der Waals surface area contributed by atoms with Crippen LogP contribution >= 0.6 is 0 Å². The van der Waals surface area contributed by atoms with Crippen molar-refractivity contribution in [3.63, 3.8) is 0 Å². The molecule has 0 spiro atoms. The Labute approximate surface area is 108 Å². The summed E-state index contributed by atoms with van der Waals surface area (Å²) in [6, 6.07) is 2.74. The minimum Gasteiger partial charge on any atom is -0.343 e. The molecule has 0 saturated carbocycles. The number of amides is 1. The molecule has 1 heterocycles. The fourth-order valence-corrected chi connectivity index (χ4v) is 1.56. The standard InChI is InChI=1S/C13H21N3O2/c1-9(2)11(15-12(17)10(3)14-4)13(18)16-7-5-6-8-16/h5-11,14H,1-4H3,(H,15,17)/t10-,11-/m0/s1. The van der Waals surface area contributed by atoms with Crippen LogP contribution in [0.15, 0.2) is 24.5 Å². The Bertz CT molecular complexity index is 398. The van der Waals surface area contributed by atoms with E-state index >= 15 is 0 Å². The summed E-state index contributed by atoms with van der Waals surface area (Å²) in [6.45, 7) is 5.58. The molecule has 0 radical (unpaired) electrons. The second-order valence-corrected chi connectivity index (χ2v) is 4.67. The van der Waals surface area contributed by atoms with Gasteiger partial charge in [0.25, 0.3) is 5.91 Å². The number of nitrogens with one attached hydrogen (secondary N) is 2. The van der Waals surface area contributed by atoms with Gasteiger partial charge in [-0.2, -0.15) is 0 Å². The van der Waals surface area contributed by atoms with Crippen molar-refractivity contribution in [3.05, 3.63) is 24.5 Å². The third-order valence-electron chi connectivity index (χ3n) is 2.92. The highest BCUT2D eigenvalue weighted by Gasteiger charge is 2.26. The van der Waals surface area contributed by atoms with Crippen LogP contribution in [-0.2, 0) is 4.79 Å². The van der Waals surface area contributed by atoms with E-state index in [0.717, 1.165) is 0 Å². The summed E-state index contributed by atoms with van der Waals surface area (Å²) in [5, 5.41) is 5.64. The third-order valence-corrected chi connectivity index (χ3v) is 2.92. The SMILES string of the molecule is CN[C@@H](C)C(=O)N[C@H](C(=O)n1cccc1)C(C)C. The first-order valence-corrected chi connectivity index (χ1v) is 6.12.